The molecule has 0 saturated carbocycles. The van der Waals surface area contributed by atoms with Gasteiger partial charge in [0.25, 0.3) is 0 Å². The van der Waals surface area contributed by atoms with Gasteiger partial charge in [-0.25, -0.2) is 0 Å². The predicted octanol–water partition coefficient (Wildman–Crippen LogP) is 4.06. The maximum absolute atomic E-state index is 5.55. The van der Waals surface area contributed by atoms with Crippen LogP contribution in [0.15, 0.2) is 24.3 Å². The Balaban J connectivity index is 0.000000245. The molecular weight excluding hydrogens is 184 g/mol. The molecule has 0 radical (unpaired) electrons. The van der Waals surface area contributed by atoms with E-state index in [4.69, 9.17) is 4.74 Å². The Hall–Kier alpha value is -0.980. The molecule has 1 heteroatoms. The van der Waals surface area contributed by atoms with Gasteiger partial charge >= 0.3 is 0 Å². The molecule has 0 bridgehead atoms. The second-order valence-corrected chi connectivity index (χ2v) is 4.65. The number of fused-ring (bicyclic) bond motifs is 1. The summed E-state index contributed by atoms with van der Waals surface area (Å²) in [6, 6.07) is 8.32. The lowest BCUT2D eigenvalue weighted by atomic mass is 10.1. The largest absolute Gasteiger partial charge is 0.493 e. The van der Waals surface area contributed by atoms with Gasteiger partial charge in [0.05, 0.1) is 6.61 Å². The molecule has 0 aromatic heterocycles. The predicted molar refractivity (Wildman–Crippen MR) is 65.4 cm³/mol. The first kappa shape index (κ1) is 12.1. The molecule has 0 amide bonds. The first-order valence-electron chi connectivity index (χ1n) is 5.91. The van der Waals surface area contributed by atoms with Gasteiger partial charge in [0.2, 0.25) is 0 Å². The molecule has 0 saturated heterocycles. The van der Waals surface area contributed by atoms with E-state index in [1.165, 1.54) is 24.8 Å². The Morgan fingerprint density at radius 3 is 2.47 bits per heavy atom. The molecule has 2 rings (SSSR count). The van der Waals surface area contributed by atoms with Gasteiger partial charge in [-0.15, -0.1) is 0 Å². The number of rotatable bonds is 0. The van der Waals surface area contributed by atoms with Crippen LogP contribution in [0.1, 0.15) is 39.2 Å². The minimum Gasteiger partial charge on any atom is -0.493 e. The average molecular weight is 206 g/mol. The van der Waals surface area contributed by atoms with E-state index in [9.17, 15) is 0 Å². The third-order valence-corrected chi connectivity index (χ3v) is 2.07. The lowest BCUT2D eigenvalue weighted by molar-refractivity contribution is 0.317. The molecule has 0 spiro atoms. The van der Waals surface area contributed by atoms with Crippen LogP contribution in [-0.2, 0) is 6.42 Å². The fourth-order valence-corrected chi connectivity index (χ4v) is 1.45. The number of ether oxygens (including phenoxy) is 1. The van der Waals surface area contributed by atoms with Crippen LogP contribution in [-0.4, -0.2) is 6.61 Å². The Kier molecular flexibility index (Phi) is 5.23. The van der Waals surface area contributed by atoms with Crippen molar-refractivity contribution in [3.8, 4) is 5.75 Å². The first-order chi connectivity index (χ1) is 7.20. The number of benzene rings is 1. The molecule has 0 aliphatic carbocycles. The average Bonchev–Trinajstić information content (AvgIpc) is 2.41. The molecule has 84 valence electrons. The second-order valence-electron chi connectivity index (χ2n) is 4.65. The zero-order valence-electron chi connectivity index (χ0n) is 10.1. The molecular formula is C14H22O. The van der Waals surface area contributed by atoms with E-state index in [0.717, 1.165) is 18.3 Å². The zero-order chi connectivity index (χ0) is 11.1. The maximum atomic E-state index is 5.55. The summed E-state index contributed by atoms with van der Waals surface area (Å²) in [6.07, 6.45) is 3.63. The summed E-state index contributed by atoms with van der Waals surface area (Å²) in [5.74, 6) is 1.92. The van der Waals surface area contributed by atoms with E-state index in [1.807, 2.05) is 6.07 Å². The van der Waals surface area contributed by atoms with Crippen LogP contribution in [0, 0.1) is 5.92 Å². The van der Waals surface area contributed by atoms with Crippen molar-refractivity contribution in [1.82, 2.24) is 0 Å². The summed E-state index contributed by atoms with van der Waals surface area (Å²) in [6.45, 7) is 7.39. The summed E-state index contributed by atoms with van der Waals surface area (Å²) in [7, 11) is 0. The minimum atomic E-state index is 0.833. The van der Waals surface area contributed by atoms with Gasteiger partial charge in [-0.3, -0.25) is 0 Å². The molecule has 1 aliphatic rings. The zero-order valence-corrected chi connectivity index (χ0v) is 10.1. The fraction of sp³-hybridized carbons (Fsp3) is 0.571. The van der Waals surface area contributed by atoms with Gasteiger partial charge in [-0.05, 0) is 36.8 Å². The smallest absolute Gasteiger partial charge is 0.122 e. The molecule has 1 nitrogen and oxygen atoms in total. The van der Waals surface area contributed by atoms with Gasteiger partial charge in [0.15, 0.2) is 0 Å². The van der Waals surface area contributed by atoms with E-state index in [2.05, 4.69) is 39.0 Å². The van der Waals surface area contributed by atoms with E-state index in [1.54, 1.807) is 0 Å². The van der Waals surface area contributed by atoms with Crippen molar-refractivity contribution in [2.24, 2.45) is 5.92 Å². The van der Waals surface area contributed by atoms with E-state index < -0.39 is 0 Å². The van der Waals surface area contributed by atoms with Crippen molar-refractivity contribution >= 4 is 0 Å². The van der Waals surface area contributed by atoms with Gasteiger partial charge < -0.3 is 4.74 Å². The maximum Gasteiger partial charge on any atom is 0.122 e. The standard InChI is InChI=1S/C10H12O.C4H10/c1-2-7-10-9(5-1)6-3-4-8-11-10;1-4(2)3/h1-2,5,7H,3-4,6,8H2;4H,1-3H3. The summed E-state index contributed by atoms with van der Waals surface area (Å²) in [5, 5.41) is 0. The highest BCUT2D eigenvalue weighted by Gasteiger charge is 2.05. The quantitative estimate of drug-likeness (QED) is 0.622. The highest BCUT2D eigenvalue weighted by molar-refractivity contribution is 5.33. The van der Waals surface area contributed by atoms with Crippen LogP contribution < -0.4 is 4.74 Å². The Morgan fingerprint density at radius 1 is 1.07 bits per heavy atom. The molecule has 0 atom stereocenters. The van der Waals surface area contributed by atoms with Crippen molar-refractivity contribution in [2.45, 2.75) is 40.0 Å². The Bertz CT molecular complexity index is 251. The first-order valence-corrected chi connectivity index (χ1v) is 5.91. The molecule has 0 fully saturated rings. The van der Waals surface area contributed by atoms with Crippen LogP contribution in [0.2, 0.25) is 0 Å². The van der Waals surface area contributed by atoms with Gasteiger partial charge in [0.1, 0.15) is 5.75 Å². The monoisotopic (exact) mass is 206 g/mol. The Morgan fingerprint density at radius 2 is 1.73 bits per heavy atom. The van der Waals surface area contributed by atoms with Crippen LogP contribution >= 0.6 is 0 Å². The number of hydrogen-bond acceptors (Lipinski definition) is 1. The molecule has 1 aliphatic heterocycles. The lowest BCUT2D eigenvalue weighted by Gasteiger charge is -2.04. The second kappa shape index (κ2) is 6.49. The fourth-order valence-electron chi connectivity index (χ4n) is 1.45. The van der Waals surface area contributed by atoms with Crippen molar-refractivity contribution in [3.05, 3.63) is 29.8 Å². The molecule has 1 heterocycles. The molecule has 15 heavy (non-hydrogen) atoms. The normalized spacial score (nSPS) is 14.4. The van der Waals surface area contributed by atoms with Crippen LogP contribution in [0.3, 0.4) is 0 Å². The summed E-state index contributed by atoms with van der Waals surface area (Å²) in [4.78, 5) is 0. The molecule has 1 aromatic rings. The van der Waals surface area contributed by atoms with E-state index in [0.29, 0.717) is 0 Å². The van der Waals surface area contributed by atoms with Gasteiger partial charge in [0, 0.05) is 0 Å². The van der Waals surface area contributed by atoms with Gasteiger partial charge in [-0.1, -0.05) is 39.0 Å². The molecule has 1 aromatic carbocycles. The third kappa shape index (κ3) is 4.87. The SMILES string of the molecule is CC(C)C.c1ccc2c(c1)CCCCO2. The highest BCUT2D eigenvalue weighted by Crippen LogP contribution is 2.22. The third-order valence-electron chi connectivity index (χ3n) is 2.07. The van der Waals surface area contributed by atoms with Crippen molar-refractivity contribution in [3.63, 3.8) is 0 Å². The lowest BCUT2D eigenvalue weighted by Crippen LogP contribution is -1.93. The molecule has 0 unspecified atom stereocenters. The van der Waals surface area contributed by atoms with E-state index >= 15 is 0 Å². The molecule has 0 N–H and O–H groups in total. The number of hydrogen-bond donors (Lipinski definition) is 0. The highest BCUT2D eigenvalue weighted by atomic mass is 16.5. The van der Waals surface area contributed by atoms with E-state index in [-0.39, 0.29) is 0 Å². The Labute approximate surface area is 93.5 Å². The summed E-state index contributed by atoms with van der Waals surface area (Å²) >= 11 is 0. The van der Waals surface area contributed by atoms with Crippen molar-refractivity contribution < 1.29 is 4.74 Å². The summed E-state index contributed by atoms with van der Waals surface area (Å²) < 4.78 is 5.55. The number of aryl methyl sites for hydroxylation is 1. The number of para-hydroxylation sites is 1. The van der Waals surface area contributed by atoms with Crippen LogP contribution in [0.25, 0.3) is 0 Å². The van der Waals surface area contributed by atoms with Crippen molar-refractivity contribution in [2.75, 3.05) is 6.61 Å². The summed E-state index contributed by atoms with van der Waals surface area (Å²) in [5.41, 5.74) is 1.37. The minimum absolute atomic E-state index is 0.833. The topological polar surface area (TPSA) is 9.23 Å². The van der Waals surface area contributed by atoms with Crippen LogP contribution in [0.5, 0.6) is 5.75 Å². The van der Waals surface area contributed by atoms with Crippen molar-refractivity contribution in [1.29, 1.82) is 0 Å². The van der Waals surface area contributed by atoms with Crippen LogP contribution in [0.4, 0.5) is 0 Å². The van der Waals surface area contributed by atoms with Gasteiger partial charge in [-0.2, -0.15) is 0 Å².